The molecule has 1 heterocycles. The molecule has 6 heteroatoms. The monoisotopic (exact) mass is 344 g/mol. The highest BCUT2D eigenvalue weighted by Gasteiger charge is 2.23. The van der Waals surface area contributed by atoms with E-state index in [1.54, 1.807) is 6.20 Å². The summed E-state index contributed by atoms with van der Waals surface area (Å²) in [6, 6.07) is 5.53. The first-order valence-corrected chi connectivity index (χ1v) is 8.55. The number of ether oxygens (including phenoxy) is 2. The fourth-order valence-electron chi connectivity index (χ4n) is 2.71. The normalized spacial score (nSPS) is 14.9. The predicted octanol–water partition coefficient (Wildman–Crippen LogP) is 4.31. The van der Waals surface area contributed by atoms with Crippen LogP contribution in [0.4, 0.5) is 10.5 Å². The number of amides is 1. The van der Waals surface area contributed by atoms with Crippen LogP contribution in [0.2, 0.25) is 0 Å². The number of carbonyl (C=O) groups excluding carboxylic acids is 2. The van der Waals surface area contributed by atoms with Crippen LogP contribution in [0.15, 0.2) is 24.4 Å². The first kappa shape index (κ1) is 17.3. The van der Waals surface area contributed by atoms with E-state index in [4.69, 9.17) is 9.47 Å². The van der Waals surface area contributed by atoms with Crippen molar-refractivity contribution >= 4 is 28.6 Å². The van der Waals surface area contributed by atoms with E-state index in [0.29, 0.717) is 11.2 Å². The Hall–Kier alpha value is -2.50. The van der Waals surface area contributed by atoms with Crippen LogP contribution >= 0.6 is 0 Å². The number of nitrogens with zero attached hydrogens (tertiary/aromatic N) is 1. The zero-order chi connectivity index (χ0) is 18.2. The molecule has 1 fully saturated rings. The fourth-order valence-corrected chi connectivity index (χ4v) is 2.71. The Morgan fingerprint density at radius 2 is 1.96 bits per heavy atom. The summed E-state index contributed by atoms with van der Waals surface area (Å²) < 4.78 is 12.8. The molecule has 1 aliphatic carbocycles. The third kappa shape index (κ3) is 3.95. The molecule has 0 spiro atoms. The molecule has 1 N–H and O–H groups in total. The Bertz CT molecular complexity index is 813. The lowest BCUT2D eigenvalue weighted by molar-refractivity contribution is -0.114. The molecule has 0 bridgehead atoms. The van der Waals surface area contributed by atoms with E-state index in [0.717, 1.165) is 24.0 Å². The van der Waals surface area contributed by atoms with Gasteiger partial charge in [-0.3, -0.25) is 9.36 Å². The largest absolute Gasteiger partial charge is 0.490 e. The van der Waals surface area contributed by atoms with E-state index in [-0.39, 0.29) is 12.0 Å². The lowest BCUT2D eigenvalue weighted by Gasteiger charge is -2.26. The van der Waals surface area contributed by atoms with Gasteiger partial charge in [0.15, 0.2) is 0 Å². The van der Waals surface area contributed by atoms with Gasteiger partial charge in [0.1, 0.15) is 11.4 Å². The molecule has 0 saturated heterocycles. The average Bonchev–Trinajstić information content (AvgIpc) is 2.79. The van der Waals surface area contributed by atoms with Crippen LogP contribution in [-0.2, 0) is 9.53 Å². The maximum Gasteiger partial charge on any atom is 0.419 e. The number of nitrogens with one attached hydrogen (secondary N) is 1. The molecule has 1 aromatic heterocycles. The van der Waals surface area contributed by atoms with Gasteiger partial charge in [0.25, 0.3) is 0 Å². The summed E-state index contributed by atoms with van der Waals surface area (Å²) in [5, 5.41) is 3.52. The molecule has 25 heavy (non-hydrogen) atoms. The van der Waals surface area contributed by atoms with Crippen LogP contribution in [0.25, 0.3) is 10.9 Å². The summed E-state index contributed by atoms with van der Waals surface area (Å²) in [6.07, 6.45) is 4.69. The fraction of sp³-hybridized carbons (Fsp3) is 0.474. The van der Waals surface area contributed by atoms with Crippen LogP contribution in [0.3, 0.4) is 0 Å². The molecule has 134 valence electrons. The average molecular weight is 344 g/mol. The first-order chi connectivity index (χ1) is 11.7. The topological polar surface area (TPSA) is 69.6 Å². The summed E-state index contributed by atoms with van der Waals surface area (Å²) in [6.45, 7) is 6.88. The van der Waals surface area contributed by atoms with Crippen molar-refractivity contribution in [3.05, 3.63) is 24.4 Å². The Balaban J connectivity index is 1.99. The second-order valence-electron chi connectivity index (χ2n) is 7.42. The zero-order valence-corrected chi connectivity index (χ0v) is 15.1. The summed E-state index contributed by atoms with van der Waals surface area (Å²) in [5.74, 6) is 0.541. The van der Waals surface area contributed by atoms with Gasteiger partial charge < -0.3 is 14.8 Å². The molecular weight excluding hydrogens is 320 g/mol. The summed E-state index contributed by atoms with van der Waals surface area (Å²) in [7, 11) is 0. The number of fused-ring (bicyclic) bond motifs is 1. The zero-order valence-electron chi connectivity index (χ0n) is 15.1. The van der Waals surface area contributed by atoms with Gasteiger partial charge in [-0.25, -0.2) is 4.79 Å². The van der Waals surface area contributed by atoms with Crippen molar-refractivity contribution in [2.45, 2.75) is 58.7 Å². The third-order valence-electron chi connectivity index (χ3n) is 4.03. The van der Waals surface area contributed by atoms with Gasteiger partial charge in [0.05, 0.1) is 17.3 Å². The molecule has 1 aromatic carbocycles. The SMILES string of the molecule is CC(=O)Nc1cn(C(=O)OC(C)(C)C)c2ccc(OC3CCC3)cc12. The summed E-state index contributed by atoms with van der Waals surface area (Å²) in [5.41, 5.74) is 0.626. The summed E-state index contributed by atoms with van der Waals surface area (Å²) in [4.78, 5) is 24.0. The van der Waals surface area contributed by atoms with E-state index in [2.05, 4.69) is 5.32 Å². The summed E-state index contributed by atoms with van der Waals surface area (Å²) >= 11 is 0. The highest BCUT2D eigenvalue weighted by Crippen LogP contribution is 2.32. The lowest BCUT2D eigenvalue weighted by atomic mass is 9.96. The van der Waals surface area contributed by atoms with Crippen LogP contribution in [0.5, 0.6) is 5.75 Å². The maximum absolute atomic E-state index is 12.5. The van der Waals surface area contributed by atoms with Crippen LogP contribution in [-0.4, -0.2) is 28.3 Å². The van der Waals surface area contributed by atoms with E-state index < -0.39 is 11.7 Å². The minimum atomic E-state index is -0.602. The molecule has 0 aliphatic heterocycles. The second-order valence-corrected chi connectivity index (χ2v) is 7.42. The molecule has 3 rings (SSSR count). The molecule has 1 aliphatic rings. The minimum Gasteiger partial charge on any atom is -0.490 e. The molecule has 2 aromatic rings. The molecule has 0 radical (unpaired) electrons. The van der Waals surface area contributed by atoms with Crippen LogP contribution in [0.1, 0.15) is 47.0 Å². The van der Waals surface area contributed by atoms with Gasteiger partial charge in [-0.2, -0.15) is 0 Å². The standard InChI is InChI=1S/C19H24N2O4/c1-12(22)20-16-11-21(18(23)25-19(2,3)4)17-9-8-14(10-15(16)17)24-13-6-5-7-13/h8-11,13H,5-7H2,1-4H3,(H,20,22). The van der Waals surface area contributed by atoms with Gasteiger partial charge in [0, 0.05) is 18.5 Å². The Labute approximate surface area is 147 Å². The first-order valence-electron chi connectivity index (χ1n) is 8.55. The lowest BCUT2D eigenvalue weighted by Crippen LogP contribution is -2.26. The van der Waals surface area contributed by atoms with Crippen LogP contribution < -0.4 is 10.1 Å². The van der Waals surface area contributed by atoms with Crippen molar-refractivity contribution in [1.29, 1.82) is 0 Å². The number of benzene rings is 1. The van der Waals surface area contributed by atoms with E-state index in [1.165, 1.54) is 17.9 Å². The predicted molar refractivity (Wildman–Crippen MR) is 96.1 cm³/mol. The van der Waals surface area contributed by atoms with Crippen molar-refractivity contribution in [2.24, 2.45) is 0 Å². The molecular formula is C19H24N2O4. The molecule has 0 unspecified atom stereocenters. The third-order valence-corrected chi connectivity index (χ3v) is 4.03. The Morgan fingerprint density at radius 1 is 1.24 bits per heavy atom. The van der Waals surface area contributed by atoms with Crippen molar-refractivity contribution in [2.75, 3.05) is 5.32 Å². The van der Waals surface area contributed by atoms with Gasteiger partial charge in [-0.1, -0.05) is 0 Å². The van der Waals surface area contributed by atoms with Crippen molar-refractivity contribution < 1.29 is 19.1 Å². The van der Waals surface area contributed by atoms with Crippen molar-refractivity contribution in [3.8, 4) is 5.75 Å². The molecule has 1 amide bonds. The van der Waals surface area contributed by atoms with Crippen molar-refractivity contribution in [1.82, 2.24) is 4.57 Å². The number of anilines is 1. The number of aromatic nitrogens is 1. The molecule has 6 nitrogen and oxygen atoms in total. The number of carbonyl (C=O) groups is 2. The second kappa shape index (κ2) is 6.43. The minimum absolute atomic E-state index is 0.200. The molecule has 1 saturated carbocycles. The van der Waals surface area contributed by atoms with Crippen molar-refractivity contribution in [3.63, 3.8) is 0 Å². The van der Waals surface area contributed by atoms with E-state index >= 15 is 0 Å². The highest BCUT2D eigenvalue weighted by atomic mass is 16.6. The van der Waals surface area contributed by atoms with Crippen LogP contribution in [0, 0.1) is 0 Å². The Morgan fingerprint density at radius 3 is 2.52 bits per heavy atom. The van der Waals surface area contributed by atoms with Gasteiger partial charge in [-0.15, -0.1) is 0 Å². The van der Waals surface area contributed by atoms with Gasteiger partial charge >= 0.3 is 6.09 Å². The van der Waals surface area contributed by atoms with E-state index in [9.17, 15) is 9.59 Å². The van der Waals surface area contributed by atoms with Gasteiger partial charge in [0.2, 0.25) is 5.91 Å². The Kier molecular flexibility index (Phi) is 4.45. The number of hydrogen-bond donors (Lipinski definition) is 1. The van der Waals surface area contributed by atoms with Gasteiger partial charge in [-0.05, 0) is 58.2 Å². The maximum atomic E-state index is 12.5. The van der Waals surface area contributed by atoms with E-state index in [1.807, 2.05) is 39.0 Å². The number of rotatable bonds is 3. The number of hydrogen-bond acceptors (Lipinski definition) is 4. The molecule has 0 atom stereocenters. The smallest absolute Gasteiger partial charge is 0.419 e. The quantitative estimate of drug-likeness (QED) is 0.900. The highest BCUT2D eigenvalue weighted by molar-refractivity contribution is 6.04.